The standard InChI is InChI=1S/C15H24N2O3S/c1-21-11-7-3-6-10-17-13(19)15(8-4-2-5-9-15)12(18)16-14(17)20/h2-11H2,1H3,(H,16,18,20). The number of carbonyl (C=O) groups excluding carboxylic acids is 3. The summed E-state index contributed by atoms with van der Waals surface area (Å²) >= 11 is 1.80. The van der Waals surface area contributed by atoms with Gasteiger partial charge in [0.1, 0.15) is 5.41 Å². The molecule has 6 heteroatoms. The second kappa shape index (κ2) is 7.29. The van der Waals surface area contributed by atoms with Crippen molar-refractivity contribution in [2.24, 2.45) is 5.41 Å². The maximum Gasteiger partial charge on any atom is 0.330 e. The lowest BCUT2D eigenvalue weighted by atomic mass is 9.71. The molecule has 0 aromatic heterocycles. The Morgan fingerprint density at radius 1 is 1.10 bits per heavy atom. The molecule has 2 fully saturated rings. The molecule has 1 aliphatic carbocycles. The number of carbonyl (C=O) groups is 3. The van der Waals surface area contributed by atoms with Gasteiger partial charge < -0.3 is 0 Å². The number of nitrogens with zero attached hydrogens (tertiary/aromatic N) is 1. The smallest absolute Gasteiger partial charge is 0.277 e. The first-order chi connectivity index (χ1) is 10.1. The van der Waals surface area contributed by atoms with Crippen molar-refractivity contribution in [1.82, 2.24) is 10.2 Å². The van der Waals surface area contributed by atoms with E-state index in [9.17, 15) is 14.4 Å². The van der Waals surface area contributed by atoms with Gasteiger partial charge in [-0.3, -0.25) is 19.8 Å². The van der Waals surface area contributed by atoms with E-state index in [-0.39, 0.29) is 11.8 Å². The quantitative estimate of drug-likeness (QED) is 0.604. The average molecular weight is 312 g/mol. The highest BCUT2D eigenvalue weighted by Gasteiger charge is 2.53. The molecule has 5 nitrogen and oxygen atoms in total. The van der Waals surface area contributed by atoms with Crippen LogP contribution in [0.5, 0.6) is 0 Å². The zero-order valence-corrected chi connectivity index (χ0v) is 13.5. The fourth-order valence-corrected chi connectivity index (χ4v) is 3.72. The SMILES string of the molecule is CSCCCCCN1C(=O)NC(=O)C2(CCCCC2)C1=O. The molecule has 1 aliphatic heterocycles. The van der Waals surface area contributed by atoms with Crippen LogP contribution in [-0.2, 0) is 9.59 Å². The minimum absolute atomic E-state index is 0.263. The Bertz CT molecular complexity index is 419. The average Bonchev–Trinajstić information content (AvgIpc) is 2.49. The van der Waals surface area contributed by atoms with E-state index in [4.69, 9.17) is 0 Å². The summed E-state index contributed by atoms with van der Waals surface area (Å²) in [6, 6.07) is -0.536. The molecule has 1 saturated carbocycles. The second-order valence-corrected chi connectivity index (χ2v) is 6.90. The number of hydrogen-bond acceptors (Lipinski definition) is 4. The zero-order valence-electron chi connectivity index (χ0n) is 12.7. The summed E-state index contributed by atoms with van der Waals surface area (Å²) in [6.07, 6.45) is 8.95. The Morgan fingerprint density at radius 2 is 1.81 bits per heavy atom. The van der Waals surface area contributed by atoms with Crippen LogP contribution in [0.3, 0.4) is 0 Å². The lowest BCUT2D eigenvalue weighted by Crippen LogP contribution is -2.64. The van der Waals surface area contributed by atoms with E-state index >= 15 is 0 Å². The number of unbranched alkanes of at least 4 members (excludes halogenated alkanes) is 2. The van der Waals surface area contributed by atoms with Crippen LogP contribution in [0.4, 0.5) is 4.79 Å². The topological polar surface area (TPSA) is 66.5 Å². The molecule has 1 heterocycles. The summed E-state index contributed by atoms with van der Waals surface area (Å²) in [5.74, 6) is 0.458. The molecule has 4 amide bonds. The molecular formula is C15H24N2O3S. The van der Waals surface area contributed by atoms with Crippen LogP contribution in [0.2, 0.25) is 0 Å². The van der Waals surface area contributed by atoms with Gasteiger partial charge in [0.2, 0.25) is 11.8 Å². The Kier molecular flexibility index (Phi) is 5.67. The van der Waals surface area contributed by atoms with Gasteiger partial charge in [0.15, 0.2) is 0 Å². The zero-order chi connectivity index (χ0) is 15.3. The second-order valence-electron chi connectivity index (χ2n) is 5.91. The number of nitrogens with one attached hydrogen (secondary N) is 1. The number of imide groups is 2. The summed E-state index contributed by atoms with van der Waals surface area (Å²) in [6.45, 7) is 0.425. The van der Waals surface area contributed by atoms with Crippen molar-refractivity contribution < 1.29 is 14.4 Å². The summed E-state index contributed by atoms with van der Waals surface area (Å²) < 4.78 is 0. The minimum Gasteiger partial charge on any atom is -0.277 e. The molecule has 0 bridgehead atoms. The maximum absolute atomic E-state index is 12.7. The number of barbiturate groups is 1. The van der Waals surface area contributed by atoms with Gasteiger partial charge in [-0.25, -0.2) is 4.79 Å². The molecule has 0 atom stereocenters. The molecule has 1 saturated heterocycles. The molecule has 0 radical (unpaired) electrons. The first-order valence-electron chi connectivity index (χ1n) is 7.78. The van der Waals surface area contributed by atoms with E-state index in [0.717, 1.165) is 44.3 Å². The van der Waals surface area contributed by atoms with Crippen LogP contribution in [-0.4, -0.2) is 41.3 Å². The predicted octanol–water partition coefficient (Wildman–Crippen LogP) is 2.55. The highest BCUT2D eigenvalue weighted by atomic mass is 32.2. The molecule has 118 valence electrons. The Hall–Kier alpha value is -1.04. The number of urea groups is 1. The number of rotatable bonds is 6. The lowest BCUT2D eigenvalue weighted by molar-refractivity contribution is -0.153. The fourth-order valence-electron chi connectivity index (χ4n) is 3.22. The Balaban J connectivity index is 1.98. The third kappa shape index (κ3) is 3.42. The van der Waals surface area contributed by atoms with Crippen LogP contribution < -0.4 is 5.32 Å². The molecule has 0 aromatic rings. The Labute approximate surface area is 130 Å². The normalized spacial score (nSPS) is 21.8. The van der Waals surface area contributed by atoms with Gasteiger partial charge in [-0.1, -0.05) is 25.7 Å². The lowest BCUT2D eigenvalue weighted by Gasteiger charge is -2.41. The van der Waals surface area contributed by atoms with Gasteiger partial charge >= 0.3 is 6.03 Å². The first-order valence-corrected chi connectivity index (χ1v) is 9.17. The van der Waals surface area contributed by atoms with E-state index < -0.39 is 11.4 Å². The van der Waals surface area contributed by atoms with E-state index in [0.29, 0.717) is 19.4 Å². The third-order valence-electron chi connectivity index (χ3n) is 4.49. The van der Waals surface area contributed by atoms with Gasteiger partial charge in [0.05, 0.1) is 0 Å². The van der Waals surface area contributed by atoms with Crippen molar-refractivity contribution >= 4 is 29.6 Å². The molecule has 1 N–H and O–H groups in total. The van der Waals surface area contributed by atoms with Crippen LogP contribution in [0.1, 0.15) is 51.4 Å². The molecule has 2 rings (SSSR count). The number of thioether (sulfide) groups is 1. The van der Waals surface area contributed by atoms with Crippen molar-refractivity contribution in [2.75, 3.05) is 18.6 Å². The van der Waals surface area contributed by atoms with Crippen LogP contribution >= 0.6 is 11.8 Å². The molecule has 1 spiro atoms. The van der Waals surface area contributed by atoms with Crippen LogP contribution in [0, 0.1) is 5.41 Å². The summed E-state index contributed by atoms with van der Waals surface area (Å²) in [7, 11) is 0. The van der Waals surface area contributed by atoms with Crippen molar-refractivity contribution in [3.8, 4) is 0 Å². The predicted molar refractivity (Wildman–Crippen MR) is 83.0 cm³/mol. The van der Waals surface area contributed by atoms with Gasteiger partial charge in [0.25, 0.3) is 0 Å². The van der Waals surface area contributed by atoms with Gasteiger partial charge in [0, 0.05) is 6.54 Å². The molecule has 0 aromatic carbocycles. The van der Waals surface area contributed by atoms with Gasteiger partial charge in [-0.15, -0.1) is 0 Å². The number of hydrogen-bond donors (Lipinski definition) is 1. The highest BCUT2D eigenvalue weighted by Crippen LogP contribution is 2.40. The molecular weight excluding hydrogens is 288 g/mol. The van der Waals surface area contributed by atoms with E-state index in [2.05, 4.69) is 11.6 Å². The largest absolute Gasteiger partial charge is 0.330 e. The molecule has 0 unspecified atom stereocenters. The fraction of sp³-hybridized carbons (Fsp3) is 0.800. The third-order valence-corrected chi connectivity index (χ3v) is 5.19. The van der Waals surface area contributed by atoms with Gasteiger partial charge in [-0.05, 0) is 37.7 Å². The van der Waals surface area contributed by atoms with E-state index in [1.165, 1.54) is 4.90 Å². The monoisotopic (exact) mass is 312 g/mol. The molecule has 21 heavy (non-hydrogen) atoms. The highest BCUT2D eigenvalue weighted by molar-refractivity contribution is 7.98. The van der Waals surface area contributed by atoms with Crippen LogP contribution in [0.25, 0.3) is 0 Å². The maximum atomic E-state index is 12.7. The summed E-state index contributed by atoms with van der Waals surface area (Å²) in [4.78, 5) is 38.1. The van der Waals surface area contributed by atoms with Crippen LogP contribution in [0.15, 0.2) is 0 Å². The summed E-state index contributed by atoms with van der Waals surface area (Å²) in [5, 5.41) is 2.40. The first kappa shape index (κ1) is 16.3. The van der Waals surface area contributed by atoms with Crippen molar-refractivity contribution in [2.45, 2.75) is 51.4 Å². The van der Waals surface area contributed by atoms with Crippen molar-refractivity contribution in [1.29, 1.82) is 0 Å². The van der Waals surface area contributed by atoms with Gasteiger partial charge in [-0.2, -0.15) is 11.8 Å². The minimum atomic E-state index is -0.967. The summed E-state index contributed by atoms with van der Waals surface area (Å²) in [5.41, 5.74) is -0.967. The van der Waals surface area contributed by atoms with Crippen molar-refractivity contribution in [3.63, 3.8) is 0 Å². The Morgan fingerprint density at radius 3 is 2.48 bits per heavy atom. The molecule has 2 aliphatic rings. The van der Waals surface area contributed by atoms with E-state index in [1.54, 1.807) is 11.8 Å². The van der Waals surface area contributed by atoms with Crippen molar-refractivity contribution in [3.05, 3.63) is 0 Å². The van der Waals surface area contributed by atoms with E-state index in [1.807, 2.05) is 0 Å². The number of amides is 4.